The first-order valence-electron chi connectivity index (χ1n) is 8.58. The molecule has 0 bridgehead atoms. The molecule has 0 saturated carbocycles. The fourth-order valence-corrected chi connectivity index (χ4v) is 5.76. The second-order valence-electron chi connectivity index (χ2n) is 6.03. The number of hydrogen-bond acceptors (Lipinski definition) is 0. The number of hydrogen-bond donors (Lipinski definition) is 0. The first-order valence-corrected chi connectivity index (χ1v) is 10.3. The molecular formula is C24H18ClP. The lowest BCUT2D eigenvalue weighted by molar-refractivity contribution is 1.64. The van der Waals surface area contributed by atoms with Gasteiger partial charge in [0.15, 0.2) is 0 Å². The van der Waals surface area contributed by atoms with Gasteiger partial charge >= 0.3 is 0 Å². The Morgan fingerprint density at radius 1 is 0.538 bits per heavy atom. The van der Waals surface area contributed by atoms with Crippen LogP contribution in [0.5, 0.6) is 0 Å². The van der Waals surface area contributed by atoms with Crippen molar-refractivity contribution in [1.82, 2.24) is 0 Å². The van der Waals surface area contributed by atoms with Gasteiger partial charge in [-0.1, -0.05) is 109 Å². The van der Waals surface area contributed by atoms with Crippen LogP contribution in [0.2, 0.25) is 5.02 Å². The van der Waals surface area contributed by atoms with Gasteiger partial charge in [-0.25, -0.2) is 0 Å². The standard InChI is InChI=1S/C24H18ClP/c25-20-16-17-24(23(18-20)19-10-4-1-5-11-19)26(21-12-6-2-7-13-21)22-14-8-3-9-15-22/h1-18H. The van der Waals surface area contributed by atoms with E-state index >= 15 is 0 Å². The van der Waals surface area contributed by atoms with Crippen LogP contribution in [-0.2, 0) is 0 Å². The van der Waals surface area contributed by atoms with Crippen LogP contribution in [0.1, 0.15) is 0 Å². The van der Waals surface area contributed by atoms with E-state index in [9.17, 15) is 0 Å². The molecule has 0 fully saturated rings. The van der Waals surface area contributed by atoms with E-state index in [-0.39, 0.29) is 0 Å². The Bertz CT molecular complexity index is 943. The average molecular weight is 373 g/mol. The molecule has 0 nitrogen and oxygen atoms in total. The predicted molar refractivity (Wildman–Crippen MR) is 116 cm³/mol. The van der Waals surface area contributed by atoms with Gasteiger partial charge in [0.25, 0.3) is 0 Å². The third-order valence-electron chi connectivity index (χ3n) is 4.31. The van der Waals surface area contributed by atoms with Crippen LogP contribution < -0.4 is 15.9 Å². The summed E-state index contributed by atoms with van der Waals surface area (Å²) in [7, 11) is -0.661. The molecule has 4 rings (SSSR count). The van der Waals surface area contributed by atoms with Gasteiger partial charge in [0, 0.05) is 5.02 Å². The lowest BCUT2D eigenvalue weighted by atomic mass is 10.1. The minimum absolute atomic E-state index is 0.661. The van der Waals surface area contributed by atoms with Gasteiger partial charge in [0.2, 0.25) is 0 Å². The molecule has 4 aromatic rings. The van der Waals surface area contributed by atoms with Crippen molar-refractivity contribution in [1.29, 1.82) is 0 Å². The predicted octanol–water partition coefficient (Wildman–Crippen LogP) is 5.77. The Balaban J connectivity index is 1.95. The van der Waals surface area contributed by atoms with Crippen LogP contribution >= 0.6 is 19.5 Å². The van der Waals surface area contributed by atoms with Gasteiger partial charge in [-0.05, 0) is 47.1 Å². The zero-order chi connectivity index (χ0) is 17.8. The Hall–Kier alpha value is -2.40. The molecule has 0 radical (unpaired) electrons. The van der Waals surface area contributed by atoms with E-state index in [4.69, 9.17) is 11.6 Å². The topological polar surface area (TPSA) is 0 Å². The zero-order valence-electron chi connectivity index (χ0n) is 14.2. The lowest BCUT2D eigenvalue weighted by Crippen LogP contribution is -2.22. The van der Waals surface area contributed by atoms with Crippen LogP contribution in [0.3, 0.4) is 0 Å². The van der Waals surface area contributed by atoms with Crippen molar-refractivity contribution in [2.45, 2.75) is 0 Å². The summed E-state index contributed by atoms with van der Waals surface area (Å²) in [5, 5.41) is 4.78. The van der Waals surface area contributed by atoms with Crippen LogP contribution in [0.4, 0.5) is 0 Å². The van der Waals surface area contributed by atoms with E-state index in [1.165, 1.54) is 27.0 Å². The molecular weight excluding hydrogens is 355 g/mol. The first kappa shape index (κ1) is 17.0. The molecule has 2 heteroatoms. The summed E-state index contributed by atoms with van der Waals surface area (Å²) in [6.45, 7) is 0. The minimum Gasteiger partial charge on any atom is -0.0843 e. The largest absolute Gasteiger partial charge is 0.0843 e. The third kappa shape index (κ3) is 3.58. The van der Waals surface area contributed by atoms with Crippen molar-refractivity contribution in [3.63, 3.8) is 0 Å². The highest BCUT2D eigenvalue weighted by Crippen LogP contribution is 2.37. The van der Waals surface area contributed by atoms with E-state index in [1.807, 2.05) is 12.1 Å². The summed E-state index contributed by atoms with van der Waals surface area (Å²) >= 11 is 6.37. The SMILES string of the molecule is Clc1ccc(P(c2ccccc2)c2ccccc2)c(-c2ccccc2)c1. The Morgan fingerprint density at radius 2 is 1.04 bits per heavy atom. The van der Waals surface area contributed by atoms with Gasteiger partial charge in [0.05, 0.1) is 0 Å². The monoisotopic (exact) mass is 372 g/mol. The van der Waals surface area contributed by atoms with Gasteiger partial charge < -0.3 is 0 Å². The number of benzene rings is 4. The molecule has 0 atom stereocenters. The van der Waals surface area contributed by atoms with Crippen LogP contribution in [0.15, 0.2) is 109 Å². The average Bonchev–Trinajstić information content (AvgIpc) is 2.71. The number of halogens is 1. The Kier molecular flexibility index (Phi) is 5.16. The molecule has 4 aromatic carbocycles. The van der Waals surface area contributed by atoms with Gasteiger partial charge in [-0.2, -0.15) is 0 Å². The highest BCUT2D eigenvalue weighted by molar-refractivity contribution is 7.80. The summed E-state index contributed by atoms with van der Waals surface area (Å²) in [5.74, 6) is 0. The maximum absolute atomic E-state index is 6.37. The van der Waals surface area contributed by atoms with E-state index in [1.54, 1.807) is 0 Å². The molecule has 0 aromatic heterocycles. The summed E-state index contributed by atoms with van der Waals surface area (Å²) in [4.78, 5) is 0. The summed E-state index contributed by atoms with van der Waals surface area (Å²) < 4.78 is 0. The fraction of sp³-hybridized carbons (Fsp3) is 0. The van der Waals surface area contributed by atoms with Crippen molar-refractivity contribution >= 4 is 35.4 Å². The van der Waals surface area contributed by atoms with Crippen molar-refractivity contribution in [3.8, 4) is 11.1 Å². The van der Waals surface area contributed by atoms with E-state index in [2.05, 4.69) is 97.1 Å². The maximum atomic E-state index is 6.37. The van der Waals surface area contributed by atoms with Gasteiger partial charge in [0.1, 0.15) is 0 Å². The molecule has 126 valence electrons. The molecule has 0 amide bonds. The van der Waals surface area contributed by atoms with Crippen molar-refractivity contribution < 1.29 is 0 Å². The number of rotatable bonds is 4. The molecule has 0 aliphatic rings. The van der Waals surface area contributed by atoms with Gasteiger partial charge in [-0.3, -0.25) is 0 Å². The van der Waals surface area contributed by atoms with Crippen molar-refractivity contribution in [2.75, 3.05) is 0 Å². The first-order chi connectivity index (χ1) is 12.8. The molecule has 0 saturated heterocycles. The molecule has 26 heavy (non-hydrogen) atoms. The highest BCUT2D eigenvalue weighted by atomic mass is 35.5. The molecule has 0 unspecified atom stereocenters. The van der Waals surface area contributed by atoms with E-state index in [0.29, 0.717) is 0 Å². The summed E-state index contributed by atoms with van der Waals surface area (Å²) in [5.41, 5.74) is 2.40. The normalized spacial score (nSPS) is 10.8. The highest BCUT2D eigenvalue weighted by Gasteiger charge is 2.20. The Labute approximate surface area is 160 Å². The zero-order valence-corrected chi connectivity index (χ0v) is 15.9. The molecule has 0 N–H and O–H groups in total. The molecule has 0 spiro atoms. The second kappa shape index (κ2) is 7.87. The van der Waals surface area contributed by atoms with Crippen molar-refractivity contribution in [3.05, 3.63) is 114 Å². The van der Waals surface area contributed by atoms with E-state index in [0.717, 1.165) is 5.02 Å². The van der Waals surface area contributed by atoms with Gasteiger partial charge in [-0.15, -0.1) is 0 Å². The smallest absolute Gasteiger partial charge is 0.0412 e. The fourth-order valence-electron chi connectivity index (χ4n) is 3.13. The molecule has 0 aliphatic carbocycles. The third-order valence-corrected chi connectivity index (χ3v) is 7.05. The Morgan fingerprint density at radius 3 is 1.58 bits per heavy atom. The molecule has 0 heterocycles. The second-order valence-corrected chi connectivity index (χ2v) is 8.66. The van der Waals surface area contributed by atoms with Crippen LogP contribution in [-0.4, -0.2) is 0 Å². The van der Waals surface area contributed by atoms with Crippen molar-refractivity contribution in [2.24, 2.45) is 0 Å². The van der Waals surface area contributed by atoms with Crippen LogP contribution in [0.25, 0.3) is 11.1 Å². The maximum Gasteiger partial charge on any atom is 0.0412 e. The van der Waals surface area contributed by atoms with E-state index < -0.39 is 7.92 Å². The molecule has 0 aliphatic heterocycles. The van der Waals surface area contributed by atoms with Crippen LogP contribution in [0, 0.1) is 0 Å². The quantitative estimate of drug-likeness (QED) is 0.399. The summed E-state index contributed by atoms with van der Waals surface area (Å²) in [6.07, 6.45) is 0. The summed E-state index contributed by atoms with van der Waals surface area (Å²) in [6, 6.07) is 38.3. The minimum atomic E-state index is -0.661. The lowest BCUT2D eigenvalue weighted by Gasteiger charge is -2.22.